The van der Waals surface area contributed by atoms with Crippen molar-refractivity contribution >= 4 is 21.6 Å². The molecule has 3 atom stereocenters. The van der Waals surface area contributed by atoms with Gasteiger partial charge in [0.1, 0.15) is 0 Å². The highest BCUT2D eigenvalue weighted by molar-refractivity contribution is 9.10. The van der Waals surface area contributed by atoms with Crippen molar-refractivity contribution < 1.29 is 0 Å². The third-order valence-electron chi connectivity index (χ3n) is 3.71. The molecule has 1 aromatic rings. The average Bonchev–Trinajstić information content (AvgIpc) is 2.26. The number of nitrogens with zero attached hydrogens (tertiary/aromatic N) is 1. The van der Waals surface area contributed by atoms with Gasteiger partial charge in [-0.25, -0.2) is 0 Å². The van der Waals surface area contributed by atoms with E-state index < -0.39 is 0 Å². The van der Waals surface area contributed by atoms with Crippen LogP contribution in [0, 0.1) is 11.8 Å². The molecule has 0 spiro atoms. The Balaban J connectivity index is 2.21. The third kappa shape index (κ3) is 3.07. The van der Waals surface area contributed by atoms with Crippen LogP contribution >= 0.6 is 15.9 Å². The molecule has 3 unspecified atom stereocenters. The Morgan fingerprint density at radius 1 is 1.28 bits per heavy atom. The van der Waals surface area contributed by atoms with Gasteiger partial charge in [0.25, 0.3) is 0 Å². The van der Waals surface area contributed by atoms with Crippen LogP contribution in [0.4, 0.5) is 5.69 Å². The van der Waals surface area contributed by atoms with E-state index in [0.717, 1.165) is 29.4 Å². The zero-order valence-electron chi connectivity index (χ0n) is 11.5. The van der Waals surface area contributed by atoms with Gasteiger partial charge in [-0.2, -0.15) is 0 Å². The molecule has 0 aliphatic carbocycles. The summed E-state index contributed by atoms with van der Waals surface area (Å²) in [4.78, 5) is 2.49. The highest BCUT2D eigenvalue weighted by Crippen LogP contribution is 2.31. The van der Waals surface area contributed by atoms with Crippen molar-refractivity contribution in [3.05, 3.63) is 28.2 Å². The number of rotatable bonds is 2. The number of halogens is 1. The van der Waals surface area contributed by atoms with Crippen LogP contribution in [-0.2, 0) is 0 Å². The molecule has 0 bridgehead atoms. The molecule has 2 N–H and O–H groups in total. The van der Waals surface area contributed by atoms with Crippen LogP contribution in [0.1, 0.15) is 38.8 Å². The largest absolute Gasteiger partial charge is 0.371 e. The Kier molecular flexibility index (Phi) is 4.33. The molecule has 0 amide bonds. The first kappa shape index (κ1) is 13.9. The average molecular weight is 311 g/mol. The zero-order chi connectivity index (χ0) is 13.3. The van der Waals surface area contributed by atoms with Crippen molar-refractivity contribution in [2.45, 2.75) is 33.2 Å². The summed E-state index contributed by atoms with van der Waals surface area (Å²) in [5, 5.41) is 0. The number of benzene rings is 1. The standard InChI is InChI=1S/C15H23BrN2/c1-10-6-11(2)9-18(8-10)13-4-5-14(12(3)17)15(16)7-13/h4-5,7,10-12H,6,8-9,17H2,1-3H3. The predicted molar refractivity (Wildman–Crippen MR) is 81.9 cm³/mol. The first-order valence-corrected chi connectivity index (χ1v) is 7.56. The molecule has 2 nitrogen and oxygen atoms in total. The Morgan fingerprint density at radius 2 is 1.89 bits per heavy atom. The second-order valence-corrected chi connectivity index (χ2v) is 6.70. The maximum atomic E-state index is 5.94. The van der Waals surface area contributed by atoms with Crippen LogP contribution in [0.5, 0.6) is 0 Å². The number of hydrogen-bond acceptors (Lipinski definition) is 2. The van der Waals surface area contributed by atoms with Crippen molar-refractivity contribution in [3.63, 3.8) is 0 Å². The molecule has 0 saturated carbocycles. The van der Waals surface area contributed by atoms with Crippen molar-refractivity contribution in [1.29, 1.82) is 0 Å². The van der Waals surface area contributed by atoms with Crippen LogP contribution in [0.3, 0.4) is 0 Å². The van der Waals surface area contributed by atoms with Gasteiger partial charge in [-0.05, 0) is 42.9 Å². The van der Waals surface area contributed by atoms with Gasteiger partial charge in [0.2, 0.25) is 0 Å². The van der Waals surface area contributed by atoms with Crippen molar-refractivity contribution in [2.24, 2.45) is 17.6 Å². The van der Waals surface area contributed by atoms with Gasteiger partial charge < -0.3 is 10.6 Å². The van der Waals surface area contributed by atoms with E-state index in [0.29, 0.717) is 0 Å². The summed E-state index contributed by atoms with van der Waals surface area (Å²) in [6.07, 6.45) is 1.34. The Bertz CT molecular complexity index is 407. The second kappa shape index (κ2) is 5.62. The molecule has 1 fully saturated rings. The maximum Gasteiger partial charge on any atom is 0.0377 e. The minimum absolute atomic E-state index is 0.0765. The molecule has 3 heteroatoms. The normalized spacial score (nSPS) is 26.2. The van der Waals surface area contributed by atoms with Crippen LogP contribution in [0.2, 0.25) is 0 Å². The highest BCUT2D eigenvalue weighted by atomic mass is 79.9. The van der Waals surface area contributed by atoms with Gasteiger partial charge in [0.15, 0.2) is 0 Å². The summed E-state index contributed by atoms with van der Waals surface area (Å²) in [5.74, 6) is 1.56. The summed E-state index contributed by atoms with van der Waals surface area (Å²) in [5.41, 5.74) is 8.43. The molecule has 1 aliphatic rings. The lowest BCUT2D eigenvalue weighted by Crippen LogP contribution is -2.38. The van der Waals surface area contributed by atoms with Crippen LogP contribution in [0.25, 0.3) is 0 Å². The molecule has 18 heavy (non-hydrogen) atoms. The van der Waals surface area contributed by atoms with E-state index in [1.807, 2.05) is 6.92 Å². The van der Waals surface area contributed by atoms with E-state index in [-0.39, 0.29) is 6.04 Å². The third-order valence-corrected chi connectivity index (χ3v) is 4.40. The molecule has 1 aliphatic heterocycles. The summed E-state index contributed by atoms with van der Waals surface area (Å²) < 4.78 is 1.13. The Hall–Kier alpha value is -0.540. The molecule has 0 aromatic heterocycles. The summed E-state index contributed by atoms with van der Waals surface area (Å²) in [6.45, 7) is 9.02. The fraction of sp³-hybridized carbons (Fsp3) is 0.600. The number of hydrogen-bond donors (Lipinski definition) is 1. The van der Waals surface area contributed by atoms with Gasteiger partial charge in [-0.3, -0.25) is 0 Å². The number of anilines is 1. The monoisotopic (exact) mass is 310 g/mol. The lowest BCUT2D eigenvalue weighted by Gasteiger charge is -2.37. The Morgan fingerprint density at radius 3 is 2.39 bits per heavy atom. The van der Waals surface area contributed by atoms with E-state index in [1.165, 1.54) is 17.7 Å². The predicted octanol–water partition coefficient (Wildman–Crippen LogP) is 3.95. The smallest absolute Gasteiger partial charge is 0.0377 e. The molecule has 2 rings (SSSR count). The molecular formula is C15H23BrN2. The van der Waals surface area contributed by atoms with Gasteiger partial charge >= 0.3 is 0 Å². The Labute approximate surface area is 119 Å². The van der Waals surface area contributed by atoms with E-state index in [4.69, 9.17) is 5.73 Å². The lowest BCUT2D eigenvalue weighted by atomic mass is 9.91. The quantitative estimate of drug-likeness (QED) is 0.896. The van der Waals surface area contributed by atoms with Gasteiger partial charge in [0, 0.05) is 29.3 Å². The van der Waals surface area contributed by atoms with Crippen LogP contribution < -0.4 is 10.6 Å². The second-order valence-electron chi connectivity index (χ2n) is 5.85. The van der Waals surface area contributed by atoms with Gasteiger partial charge in [0.05, 0.1) is 0 Å². The van der Waals surface area contributed by atoms with Gasteiger partial charge in [-0.15, -0.1) is 0 Å². The number of nitrogens with two attached hydrogens (primary N) is 1. The van der Waals surface area contributed by atoms with Crippen LogP contribution in [-0.4, -0.2) is 13.1 Å². The molecule has 1 saturated heterocycles. The summed E-state index contributed by atoms with van der Waals surface area (Å²) in [6, 6.07) is 6.64. The molecule has 0 radical (unpaired) electrons. The fourth-order valence-corrected chi connectivity index (χ4v) is 3.68. The van der Waals surface area contributed by atoms with Crippen molar-refractivity contribution in [3.8, 4) is 0 Å². The first-order valence-electron chi connectivity index (χ1n) is 6.77. The summed E-state index contributed by atoms with van der Waals surface area (Å²) >= 11 is 3.64. The molecule has 100 valence electrons. The van der Waals surface area contributed by atoms with Crippen molar-refractivity contribution in [1.82, 2.24) is 0 Å². The molecule has 1 aromatic carbocycles. The van der Waals surface area contributed by atoms with Crippen LogP contribution in [0.15, 0.2) is 22.7 Å². The molecular weight excluding hydrogens is 288 g/mol. The fourth-order valence-electron chi connectivity index (χ4n) is 2.96. The van der Waals surface area contributed by atoms with E-state index >= 15 is 0 Å². The summed E-state index contributed by atoms with van der Waals surface area (Å²) in [7, 11) is 0. The number of piperidine rings is 1. The minimum Gasteiger partial charge on any atom is -0.371 e. The highest BCUT2D eigenvalue weighted by Gasteiger charge is 2.22. The van der Waals surface area contributed by atoms with E-state index in [9.17, 15) is 0 Å². The first-order chi connectivity index (χ1) is 8.47. The van der Waals surface area contributed by atoms with Crippen molar-refractivity contribution in [2.75, 3.05) is 18.0 Å². The molecule has 1 heterocycles. The van der Waals surface area contributed by atoms with E-state index in [1.54, 1.807) is 0 Å². The topological polar surface area (TPSA) is 29.3 Å². The SMILES string of the molecule is CC1CC(C)CN(c2ccc(C(C)N)c(Br)c2)C1. The zero-order valence-corrected chi connectivity index (χ0v) is 13.1. The van der Waals surface area contributed by atoms with E-state index in [2.05, 4.69) is 52.9 Å². The minimum atomic E-state index is 0.0765. The van der Waals surface area contributed by atoms with Gasteiger partial charge in [-0.1, -0.05) is 35.8 Å². The maximum absolute atomic E-state index is 5.94. The lowest BCUT2D eigenvalue weighted by molar-refractivity contribution is 0.357.